The highest BCUT2D eigenvalue weighted by Crippen LogP contribution is 2.00. The molecule has 0 atom stereocenters. The Bertz CT molecular complexity index is 257. The maximum atomic E-state index is 5.14. The maximum absolute atomic E-state index is 5.14. The molecular formula is C10H6. The van der Waals surface area contributed by atoms with Gasteiger partial charge >= 0.3 is 0 Å². The third kappa shape index (κ3) is 1.19. The van der Waals surface area contributed by atoms with Gasteiger partial charge in [0.15, 0.2) is 0 Å². The zero-order valence-corrected chi connectivity index (χ0v) is 5.46. The van der Waals surface area contributed by atoms with Gasteiger partial charge < -0.3 is 0 Å². The quantitative estimate of drug-likeness (QED) is 0.464. The third-order valence-electron chi connectivity index (χ3n) is 1.22. The second-order valence-electron chi connectivity index (χ2n) is 1.87. The normalized spacial score (nSPS) is 7.80. The zero-order valence-electron chi connectivity index (χ0n) is 5.46. The molecule has 0 aromatic heterocycles. The lowest BCUT2D eigenvalue weighted by atomic mass is 10.1. The monoisotopic (exact) mass is 126 g/mol. The van der Waals surface area contributed by atoms with E-state index in [0.717, 1.165) is 11.1 Å². The van der Waals surface area contributed by atoms with Crippen LogP contribution in [-0.4, -0.2) is 0 Å². The third-order valence-corrected chi connectivity index (χ3v) is 1.22. The topological polar surface area (TPSA) is 0 Å². The summed E-state index contributed by atoms with van der Waals surface area (Å²) < 4.78 is 0. The Kier molecular flexibility index (Phi) is 1.78. The summed E-state index contributed by atoms with van der Waals surface area (Å²) in [4.78, 5) is 0. The van der Waals surface area contributed by atoms with Crippen molar-refractivity contribution in [2.75, 3.05) is 0 Å². The van der Waals surface area contributed by atoms with Crippen LogP contribution in [0.5, 0.6) is 0 Å². The van der Waals surface area contributed by atoms with E-state index in [1.807, 2.05) is 24.3 Å². The lowest BCUT2D eigenvalue weighted by Gasteiger charge is -1.89. The van der Waals surface area contributed by atoms with Gasteiger partial charge in [-0.1, -0.05) is 11.8 Å². The predicted molar refractivity (Wildman–Crippen MR) is 42.3 cm³/mol. The van der Waals surface area contributed by atoms with E-state index in [1.165, 1.54) is 0 Å². The van der Waals surface area contributed by atoms with Crippen LogP contribution in [0, 0.1) is 24.7 Å². The van der Waals surface area contributed by atoms with E-state index < -0.39 is 0 Å². The van der Waals surface area contributed by atoms with Crippen LogP contribution < -0.4 is 0 Å². The molecule has 0 amide bonds. The molecule has 0 N–H and O–H groups in total. The van der Waals surface area contributed by atoms with Crippen LogP contribution in [0.15, 0.2) is 24.3 Å². The summed E-state index contributed by atoms with van der Waals surface area (Å²) in [7, 11) is 0. The Balaban J connectivity index is 3.08. The van der Waals surface area contributed by atoms with Gasteiger partial charge in [0.2, 0.25) is 0 Å². The maximum Gasteiger partial charge on any atom is 0.0243 e. The molecule has 0 nitrogen and oxygen atoms in total. The number of hydrogen-bond acceptors (Lipinski definition) is 0. The molecule has 1 aromatic carbocycles. The Morgan fingerprint density at radius 1 is 0.800 bits per heavy atom. The van der Waals surface area contributed by atoms with Gasteiger partial charge in [-0.3, -0.25) is 0 Å². The van der Waals surface area contributed by atoms with Crippen LogP contribution in [0.3, 0.4) is 0 Å². The summed E-state index contributed by atoms with van der Waals surface area (Å²) >= 11 is 0. The number of terminal acetylenes is 2. The first kappa shape index (κ1) is 6.46. The Morgan fingerprint density at radius 2 is 1.10 bits per heavy atom. The van der Waals surface area contributed by atoms with Crippen molar-refractivity contribution < 1.29 is 0 Å². The lowest BCUT2D eigenvalue weighted by molar-refractivity contribution is 1.61. The predicted octanol–water partition coefficient (Wildman–Crippen LogP) is 1.65. The van der Waals surface area contributed by atoms with E-state index in [9.17, 15) is 0 Å². The molecule has 0 unspecified atom stereocenters. The molecule has 0 aliphatic rings. The molecule has 0 spiro atoms. The first-order chi connectivity index (χ1) is 4.86. The van der Waals surface area contributed by atoms with Crippen molar-refractivity contribution in [3.05, 3.63) is 35.4 Å². The number of benzene rings is 1. The van der Waals surface area contributed by atoms with Crippen LogP contribution in [-0.2, 0) is 0 Å². The van der Waals surface area contributed by atoms with Gasteiger partial charge in [-0.05, 0) is 24.3 Å². The van der Waals surface area contributed by atoms with Gasteiger partial charge in [0.05, 0.1) is 0 Å². The smallest absolute Gasteiger partial charge is 0.0243 e. The molecule has 10 heavy (non-hydrogen) atoms. The largest absolute Gasteiger partial charge is 0.115 e. The van der Waals surface area contributed by atoms with Crippen molar-refractivity contribution >= 4 is 0 Å². The second kappa shape index (κ2) is 2.76. The van der Waals surface area contributed by atoms with Gasteiger partial charge in [0, 0.05) is 11.1 Å². The van der Waals surface area contributed by atoms with Gasteiger partial charge in [-0.25, -0.2) is 0 Å². The minimum Gasteiger partial charge on any atom is -0.115 e. The fraction of sp³-hybridized carbons (Fsp3) is 0. The first-order valence-electron chi connectivity index (χ1n) is 2.90. The average molecular weight is 126 g/mol. The van der Waals surface area contributed by atoms with Crippen molar-refractivity contribution in [1.29, 1.82) is 0 Å². The molecule has 0 bridgehead atoms. The number of rotatable bonds is 0. The van der Waals surface area contributed by atoms with E-state index in [-0.39, 0.29) is 0 Å². The van der Waals surface area contributed by atoms with Crippen molar-refractivity contribution in [3.8, 4) is 24.7 Å². The van der Waals surface area contributed by atoms with Crippen LogP contribution in [0.4, 0.5) is 0 Å². The fourth-order valence-electron chi connectivity index (χ4n) is 0.663. The van der Waals surface area contributed by atoms with E-state index in [0.29, 0.717) is 0 Å². The summed E-state index contributed by atoms with van der Waals surface area (Å²) in [5.74, 6) is 5.02. The number of hydrogen-bond donors (Lipinski definition) is 0. The Hall–Kier alpha value is -1.66. The summed E-state index contributed by atoms with van der Waals surface area (Å²) in [6.45, 7) is 0. The summed E-state index contributed by atoms with van der Waals surface area (Å²) in [5.41, 5.74) is 1.72. The van der Waals surface area contributed by atoms with Crippen LogP contribution in [0.25, 0.3) is 0 Å². The lowest BCUT2D eigenvalue weighted by Crippen LogP contribution is -1.74. The molecule has 0 saturated heterocycles. The molecule has 0 aliphatic carbocycles. The van der Waals surface area contributed by atoms with Crippen LogP contribution >= 0.6 is 0 Å². The molecule has 0 aliphatic heterocycles. The highest BCUT2D eigenvalue weighted by atomic mass is 13.9. The Labute approximate surface area is 60.9 Å². The molecule has 1 aromatic rings. The molecular weight excluding hydrogens is 120 g/mol. The van der Waals surface area contributed by atoms with Crippen molar-refractivity contribution in [3.63, 3.8) is 0 Å². The minimum absolute atomic E-state index is 0.860. The zero-order chi connectivity index (χ0) is 7.40. The molecule has 46 valence electrons. The van der Waals surface area contributed by atoms with Gasteiger partial charge in [0.25, 0.3) is 0 Å². The van der Waals surface area contributed by atoms with E-state index in [2.05, 4.69) is 11.8 Å². The highest BCUT2D eigenvalue weighted by molar-refractivity contribution is 5.39. The molecule has 0 saturated carbocycles. The summed E-state index contributed by atoms with van der Waals surface area (Å²) in [6.07, 6.45) is 10.3. The van der Waals surface area contributed by atoms with Gasteiger partial charge in [0.1, 0.15) is 0 Å². The average Bonchev–Trinajstić information content (AvgIpc) is 2.05. The minimum atomic E-state index is 0.860. The highest BCUT2D eigenvalue weighted by Gasteiger charge is 1.85. The van der Waals surface area contributed by atoms with E-state index in [4.69, 9.17) is 12.8 Å². The van der Waals surface area contributed by atoms with Gasteiger partial charge in [-0.2, -0.15) is 0 Å². The molecule has 0 radical (unpaired) electrons. The molecule has 0 fully saturated rings. The summed E-state index contributed by atoms with van der Waals surface area (Å²) in [5, 5.41) is 0. The van der Waals surface area contributed by atoms with Crippen molar-refractivity contribution in [2.24, 2.45) is 0 Å². The van der Waals surface area contributed by atoms with Gasteiger partial charge in [-0.15, -0.1) is 12.8 Å². The van der Waals surface area contributed by atoms with Crippen LogP contribution in [0.2, 0.25) is 0 Å². The summed E-state index contributed by atoms with van der Waals surface area (Å²) in [6, 6.07) is 7.31. The van der Waals surface area contributed by atoms with Crippen molar-refractivity contribution in [2.45, 2.75) is 0 Å². The molecule has 0 heteroatoms. The standard InChI is InChI=1S/C10H6/c1-3-9-5-7-10(4-2)8-6-9/h1-2,5-8H. The molecule has 1 rings (SSSR count). The van der Waals surface area contributed by atoms with Crippen LogP contribution in [0.1, 0.15) is 11.1 Å². The van der Waals surface area contributed by atoms with E-state index >= 15 is 0 Å². The second-order valence-corrected chi connectivity index (χ2v) is 1.87. The SMILES string of the molecule is C#Cc1ccc(C#C)cc1. The molecule has 0 heterocycles. The first-order valence-corrected chi connectivity index (χ1v) is 2.90. The van der Waals surface area contributed by atoms with Crippen molar-refractivity contribution in [1.82, 2.24) is 0 Å². The fourth-order valence-corrected chi connectivity index (χ4v) is 0.663. The Morgan fingerprint density at radius 3 is 1.30 bits per heavy atom. The van der Waals surface area contributed by atoms with E-state index in [1.54, 1.807) is 0 Å².